The van der Waals surface area contributed by atoms with Gasteiger partial charge in [0.05, 0.1) is 0 Å². The Morgan fingerprint density at radius 2 is 1.27 bits per heavy atom. The third kappa shape index (κ3) is 10.5. The molecule has 0 aliphatic rings. The molecule has 2 N–H and O–H groups in total. The number of halogens is 2. The zero-order valence-corrected chi connectivity index (χ0v) is 22.8. The van der Waals surface area contributed by atoms with Crippen molar-refractivity contribution in [3.05, 3.63) is 106 Å². The molecular formula is C31H39F2O3P. The van der Waals surface area contributed by atoms with Gasteiger partial charge in [-0.3, -0.25) is 4.57 Å². The van der Waals surface area contributed by atoms with Gasteiger partial charge in [-0.1, -0.05) is 55.3 Å². The van der Waals surface area contributed by atoms with Gasteiger partial charge in [0, 0.05) is 12.2 Å². The average Bonchev–Trinajstić information content (AvgIpc) is 2.82. The molecule has 0 bridgehead atoms. The predicted octanol–water partition coefficient (Wildman–Crippen LogP) is 8.21. The van der Waals surface area contributed by atoms with Crippen LogP contribution in [0.15, 0.2) is 60.7 Å². The fraction of sp³-hybridized carbons (Fsp3) is 0.419. The summed E-state index contributed by atoms with van der Waals surface area (Å²) in [4.78, 5) is 17.9. The second kappa shape index (κ2) is 14.0. The van der Waals surface area contributed by atoms with Crippen LogP contribution in [0.1, 0.15) is 77.8 Å². The van der Waals surface area contributed by atoms with E-state index in [-0.39, 0.29) is 12.1 Å². The molecule has 3 aromatic carbocycles. The molecule has 37 heavy (non-hydrogen) atoms. The van der Waals surface area contributed by atoms with Crippen LogP contribution >= 0.6 is 7.60 Å². The van der Waals surface area contributed by atoms with E-state index in [4.69, 9.17) is 9.79 Å². The van der Waals surface area contributed by atoms with E-state index in [0.717, 1.165) is 63.0 Å². The lowest BCUT2D eigenvalue weighted by molar-refractivity contribution is 0.371. The van der Waals surface area contributed by atoms with Crippen LogP contribution in [0.3, 0.4) is 0 Å². The molecule has 200 valence electrons. The number of unbranched alkanes of at least 4 members (excludes halogenated alkanes) is 3. The van der Waals surface area contributed by atoms with Gasteiger partial charge in [-0.15, -0.1) is 0 Å². The highest BCUT2D eigenvalue weighted by Crippen LogP contribution is 2.35. The van der Waals surface area contributed by atoms with E-state index in [1.165, 1.54) is 39.9 Å². The van der Waals surface area contributed by atoms with Crippen molar-refractivity contribution in [1.29, 1.82) is 0 Å². The van der Waals surface area contributed by atoms with Gasteiger partial charge in [-0.25, -0.2) is 8.78 Å². The summed E-state index contributed by atoms with van der Waals surface area (Å²) in [7, 11) is -3.88. The number of aryl methyl sites for hydroxylation is 4. The molecule has 1 atom stereocenters. The van der Waals surface area contributed by atoms with Gasteiger partial charge in [0.15, 0.2) is 0 Å². The summed E-state index contributed by atoms with van der Waals surface area (Å²) in [5, 5.41) is 0. The highest BCUT2D eigenvalue weighted by atomic mass is 31.2. The maximum atomic E-state index is 14.0. The van der Waals surface area contributed by atoms with Crippen LogP contribution in [0.4, 0.5) is 8.78 Å². The maximum Gasteiger partial charge on any atom is 0.325 e. The summed E-state index contributed by atoms with van der Waals surface area (Å²) >= 11 is 0. The molecule has 0 amide bonds. The van der Waals surface area contributed by atoms with Gasteiger partial charge >= 0.3 is 7.60 Å². The quantitative estimate of drug-likeness (QED) is 0.164. The second-order valence-corrected chi connectivity index (χ2v) is 12.1. The molecule has 0 fully saturated rings. The molecule has 0 aromatic heterocycles. The highest BCUT2D eigenvalue weighted by molar-refractivity contribution is 7.51. The Balaban J connectivity index is 1.50. The van der Waals surface area contributed by atoms with Crippen molar-refractivity contribution < 1.29 is 23.1 Å². The van der Waals surface area contributed by atoms with E-state index in [1.807, 2.05) is 0 Å². The van der Waals surface area contributed by atoms with Crippen molar-refractivity contribution >= 4 is 7.60 Å². The second-order valence-electron chi connectivity index (χ2n) is 10.3. The monoisotopic (exact) mass is 528 g/mol. The van der Waals surface area contributed by atoms with Gasteiger partial charge in [0.1, 0.15) is 11.6 Å². The summed E-state index contributed by atoms with van der Waals surface area (Å²) < 4.78 is 38.9. The Bertz CT molecular complexity index is 1170. The Kier molecular flexibility index (Phi) is 11.1. The van der Waals surface area contributed by atoms with Gasteiger partial charge in [0.2, 0.25) is 0 Å². The predicted molar refractivity (Wildman–Crippen MR) is 147 cm³/mol. The third-order valence-corrected chi connectivity index (χ3v) is 8.01. The van der Waals surface area contributed by atoms with Crippen molar-refractivity contribution in [2.75, 3.05) is 6.16 Å². The molecule has 0 spiro atoms. The summed E-state index contributed by atoms with van der Waals surface area (Å²) in [6, 6.07) is 18.9. The van der Waals surface area contributed by atoms with E-state index in [2.05, 4.69) is 56.3 Å². The Morgan fingerprint density at radius 1 is 0.703 bits per heavy atom. The SMILES string of the molecule is Cc1ccc(CC(CCCCc2ccc(CCCCCP(=O)(O)O)cc2)c2cc(F)cc(F)c2)cc1C. The first-order valence-electron chi connectivity index (χ1n) is 13.2. The number of benzene rings is 3. The molecule has 0 radical (unpaired) electrons. The minimum atomic E-state index is -3.88. The van der Waals surface area contributed by atoms with Crippen LogP contribution in [0.5, 0.6) is 0 Å². The van der Waals surface area contributed by atoms with Crippen LogP contribution in [-0.2, 0) is 23.8 Å². The highest BCUT2D eigenvalue weighted by Gasteiger charge is 2.15. The molecule has 0 saturated carbocycles. The molecule has 3 aromatic rings. The zero-order valence-electron chi connectivity index (χ0n) is 21.9. The molecule has 3 nitrogen and oxygen atoms in total. The van der Waals surface area contributed by atoms with Crippen LogP contribution in [0, 0.1) is 25.5 Å². The van der Waals surface area contributed by atoms with Crippen LogP contribution in [0.2, 0.25) is 0 Å². The first-order chi connectivity index (χ1) is 17.6. The van der Waals surface area contributed by atoms with Gasteiger partial charge < -0.3 is 9.79 Å². The first-order valence-corrected chi connectivity index (χ1v) is 15.0. The number of hydrogen-bond donors (Lipinski definition) is 2. The summed E-state index contributed by atoms with van der Waals surface area (Å²) in [6.07, 6.45) is 7.70. The lowest BCUT2D eigenvalue weighted by atomic mass is 9.86. The van der Waals surface area contributed by atoms with Crippen LogP contribution in [0.25, 0.3) is 0 Å². The zero-order chi connectivity index (χ0) is 26.8. The molecule has 0 heterocycles. The smallest absolute Gasteiger partial charge is 0.324 e. The van der Waals surface area contributed by atoms with Crippen molar-refractivity contribution in [3.8, 4) is 0 Å². The molecular weight excluding hydrogens is 489 g/mol. The minimum Gasteiger partial charge on any atom is -0.324 e. The van der Waals surface area contributed by atoms with E-state index in [1.54, 1.807) is 0 Å². The van der Waals surface area contributed by atoms with Gasteiger partial charge in [-0.2, -0.15) is 0 Å². The Morgan fingerprint density at radius 3 is 1.84 bits per heavy atom. The largest absolute Gasteiger partial charge is 0.325 e. The topological polar surface area (TPSA) is 57.5 Å². The van der Waals surface area contributed by atoms with E-state index in [0.29, 0.717) is 6.42 Å². The average molecular weight is 529 g/mol. The van der Waals surface area contributed by atoms with Crippen LogP contribution in [-0.4, -0.2) is 15.9 Å². The van der Waals surface area contributed by atoms with Gasteiger partial charge in [-0.05, 0) is 110 Å². The fourth-order valence-corrected chi connectivity index (χ4v) is 5.46. The lowest BCUT2D eigenvalue weighted by Gasteiger charge is -2.19. The van der Waals surface area contributed by atoms with E-state index < -0.39 is 19.2 Å². The van der Waals surface area contributed by atoms with Crippen molar-refractivity contribution in [1.82, 2.24) is 0 Å². The molecule has 1 unspecified atom stereocenters. The minimum absolute atomic E-state index is 0.0361. The molecule has 6 heteroatoms. The van der Waals surface area contributed by atoms with E-state index >= 15 is 0 Å². The third-order valence-electron chi connectivity index (χ3n) is 7.12. The standard InChI is InChI=1S/C31H39F2O3P/c1-23-11-12-27(18-24(23)2)19-28(29-20-30(32)22-31(33)21-29)10-6-5-9-26-15-13-25(14-16-26)8-4-3-7-17-37(34,35)36/h11-16,18,20-22,28H,3-10,17,19H2,1-2H3,(H2,34,35,36). The summed E-state index contributed by atoms with van der Waals surface area (Å²) in [5.41, 5.74) is 6.89. The summed E-state index contributed by atoms with van der Waals surface area (Å²) in [6.45, 7) is 4.18. The Labute approximate surface area is 220 Å². The molecule has 0 aliphatic heterocycles. The normalized spacial score (nSPS) is 12.6. The van der Waals surface area contributed by atoms with Crippen molar-refractivity contribution in [2.24, 2.45) is 0 Å². The maximum absolute atomic E-state index is 14.0. The summed E-state index contributed by atoms with van der Waals surface area (Å²) in [5.74, 6) is -0.996. The molecule has 0 saturated heterocycles. The lowest BCUT2D eigenvalue weighted by Crippen LogP contribution is -2.05. The van der Waals surface area contributed by atoms with Gasteiger partial charge in [0.25, 0.3) is 0 Å². The van der Waals surface area contributed by atoms with Crippen molar-refractivity contribution in [3.63, 3.8) is 0 Å². The van der Waals surface area contributed by atoms with E-state index in [9.17, 15) is 13.3 Å². The molecule has 3 rings (SSSR count). The first kappa shape index (κ1) is 29.2. The molecule has 0 aliphatic carbocycles. The fourth-order valence-electron chi connectivity index (χ4n) is 4.83. The van der Waals surface area contributed by atoms with Crippen molar-refractivity contribution in [2.45, 2.75) is 77.6 Å². The number of rotatable bonds is 14. The van der Waals surface area contributed by atoms with Crippen LogP contribution < -0.4 is 0 Å². The number of hydrogen-bond acceptors (Lipinski definition) is 1. The Hall–Kier alpha value is -2.33.